The summed E-state index contributed by atoms with van der Waals surface area (Å²) in [5.41, 5.74) is 6.19. The highest BCUT2D eigenvalue weighted by atomic mass is 19.3. The van der Waals surface area contributed by atoms with Crippen LogP contribution in [0.3, 0.4) is 0 Å². The molecule has 1 aliphatic carbocycles. The number of nitrogens with zero attached hydrogens (tertiary/aromatic N) is 2. The molecule has 1 aromatic rings. The third kappa shape index (κ3) is 1.23. The predicted molar refractivity (Wildman–Crippen MR) is 43.3 cm³/mol. The smallest absolute Gasteiger partial charge is 0.295 e. The minimum absolute atomic E-state index is 0.202. The van der Waals surface area contributed by atoms with Gasteiger partial charge in [0.1, 0.15) is 0 Å². The van der Waals surface area contributed by atoms with Crippen LogP contribution < -0.4 is 5.73 Å². The van der Waals surface area contributed by atoms with Crippen LogP contribution in [0.25, 0.3) is 0 Å². The number of aromatic nitrogens is 2. The number of nitrogens with two attached hydrogens (primary N) is 1. The van der Waals surface area contributed by atoms with Crippen LogP contribution in [0.4, 0.5) is 8.78 Å². The van der Waals surface area contributed by atoms with Gasteiger partial charge < -0.3 is 10.3 Å². The number of hydrogen-bond donors (Lipinski definition) is 1. The first-order valence-electron chi connectivity index (χ1n) is 4.14. The van der Waals surface area contributed by atoms with Gasteiger partial charge in [0.15, 0.2) is 5.82 Å². The van der Waals surface area contributed by atoms with Gasteiger partial charge in [-0.2, -0.15) is 0 Å². The van der Waals surface area contributed by atoms with Crippen molar-refractivity contribution in [3.8, 4) is 0 Å². The zero-order chi connectivity index (χ0) is 9.64. The number of rotatable bonds is 2. The van der Waals surface area contributed by atoms with Crippen molar-refractivity contribution in [2.24, 2.45) is 12.8 Å². The molecule has 1 heterocycles. The molecule has 0 aliphatic heterocycles. The lowest BCUT2D eigenvalue weighted by Crippen LogP contribution is -2.22. The molecule has 0 saturated heterocycles. The molecule has 0 radical (unpaired) electrons. The Balaban J connectivity index is 2.39. The molecule has 1 saturated carbocycles. The standard InChI is InChI=1S/C8H11F2N3/c1-13-5(8(11)2-3-8)4-12-7(13)6(9)10/h4,6H,2-3,11H2,1H3. The van der Waals surface area contributed by atoms with Gasteiger partial charge in [-0.1, -0.05) is 0 Å². The highest BCUT2D eigenvalue weighted by molar-refractivity contribution is 5.22. The maximum absolute atomic E-state index is 12.3. The second kappa shape index (κ2) is 2.51. The highest BCUT2D eigenvalue weighted by Gasteiger charge is 2.43. The summed E-state index contributed by atoms with van der Waals surface area (Å²) in [7, 11) is 1.58. The lowest BCUT2D eigenvalue weighted by atomic mass is 10.2. The molecule has 13 heavy (non-hydrogen) atoms. The Bertz CT molecular complexity index is 328. The van der Waals surface area contributed by atoms with Crippen molar-refractivity contribution < 1.29 is 8.78 Å². The summed E-state index contributed by atoms with van der Waals surface area (Å²) in [5, 5.41) is 0. The summed E-state index contributed by atoms with van der Waals surface area (Å²) in [6.07, 6.45) is 0.639. The Labute approximate surface area is 74.6 Å². The summed E-state index contributed by atoms with van der Waals surface area (Å²) in [6.45, 7) is 0. The first-order chi connectivity index (χ1) is 6.04. The van der Waals surface area contributed by atoms with E-state index in [1.54, 1.807) is 7.05 Å². The van der Waals surface area contributed by atoms with E-state index in [0.717, 1.165) is 12.8 Å². The van der Waals surface area contributed by atoms with Gasteiger partial charge in [0.2, 0.25) is 0 Å². The Hall–Kier alpha value is -0.970. The molecule has 0 unspecified atom stereocenters. The molecular weight excluding hydrogens is 176 g/mol. The van der Waals surface area contributed by atoms with Crippen LogP contribution in [0.5, 0.6) is 0 Å². The largest absolute Gasteiger partial charge is 0.329 e. The molecule has 0 aromatic carbocycles. The monoisotopic (exact) mass is 187 g/mol. The molecule has 0 spiro atoms. The maximum atomic E-state index is 12.3. The fourth-order valence-electron chi connectivity index (χ4n) is 1.48. The Morgan fingerprint density at radius 1 is 1.62 bits per heavy atom. The number of alkyl halides is 2. The molecule has 0 amide bonds. The van der Waals surface area contributed by atoms with Crippen LogP contribution in [-0.4, -0.2) is 9.55 Å². The van der Waals surface area contributed by atoms with Crippen LogP contribution in [0.1, 0.15) is 30.8 Å². The minimum atomic E-state index is -2.53. The molecule has 1 fully saturated rings. The third-order valence-corrected chi connectivity index (χ3v) is 2.52. The van der Waals surface area contributed by atoms with E-state index >= 15 is 0 Å². The van der Waals surface area contributed by atoms with Gasteiger partial charge in [-0.05, 0) is 12.8 Å². The third-order valence-electron chi connectivity index (χ3n) is 2.52. The lowest BCUT2D eigenvalue weighted by molar-refractivity contribution is 0.136. The zero-order valence-electron chi connectivity index (χ0n) is 7.30. The molecule has 0 atom stereocenters. The minimum Gasteiger partial charge on any atom is -0.329 e. The fourth-order valence-corrected chi connectivity index (χ4v) is 1.48. The topological polar surface area (TPSA) is 43.8 Å². The average molecular weight is 187 g/mol. The predicted octanol–water partition coefficient (Wildman–Crippen LogP) is 1.31. The molecule has 1 aliphatic rings. The van der Waals surface area contributed by atoms with E-state index in [1.807, 2.05) is 0 Å². The van der Waals surface area contributed by atoms with E-state index < -0.39 is 12.0 Å². The van der Waals surface area contributed by atoms with Crippen molar-refractivity contribution in [1.29, 1.82) is 0 Å². The van der Waals surface area contributed by atoms with E-state index in [-0.39, 0.29) is 5.82 Å². The zero-order valence-corrected chi connectivity index (χ0v) is 7.30. The summed E-state index contributed by atoms with van der Waals surface area (Å²) < 4.78 is 26.1. The molecule has 1 aromatic heterocycles. The van der Waals surface area contributed by atoms with Crippen LogP contribution in [-0.2, 0) is 12.6 Å². The Morgan fingerprint density at radius 3 is 2.62 bits per heavy atom. The van der Waals surface area contributed by atoms with Crippen molar-refractivity contribution in [1.82, 2.24) is 9.55 Å². The van der Waals surface area contributed by atoms with E-state index in [1.165, 1.54) is 10.8 Å². The molecule has 72 valence electrons. The van der Waals surface area contributed by atoms with E-state index in [9.17, 15) is 8.78 Å². The van der Waals surface area contributed by atoms with E-state index in [0.29, 0.717) is 5.69 Å². The second-order valence-corrected chi connectivity index (χ2v) is 3.52. The van der Waals surface area contributed by atoms with Gasteiger partial charge in [-0.25, -0.2) is 13.8 Å². The van der Waals surface area contributed by atoms with Gasteiger partial charge in [0.05, 0.1) is 17.4 Å². The number of imidazole rings is 1. The molecule has 3 nitrogen and oxygen atoms in total. The van der Waals surface area contributed by atoms with Crippen molar-refractivity contribution >= 4 is 0 Å². The van der Waals surface area contributed by atoms with E-state index in [2.05, 4.69) is 4.98 Å². The molecular formula is C8H11F2N3. The SMILES string of the molecule is Cn1c(C2(N)CC2)cnc1C(F)F. The lowest BCUT2D eigenvalue weighted by Gasteiger charge is -2.10. The maximum Gasteiger partial charge on any atom is 0.295 e. The molecule has 2 rings (SSSR count). The second-order valence-electron chi connectivity index (χ2n) is 3.52. The van der Waals surface area contributed by atoms with Crippen molar-refractivity contribution in [2.75, 3.05) is 0 Å². The van der Waals surface area contributed by atoms with Crippen molar-refractivity contribution in [3.63, 3.8) is 0 Å². The highest BCUT2D eigenvalue weighted by Crippen LogP contribution is 2.42. The number of hydrogen-bond acceptors (Lipinski definition) is 2. The molecule has 0 bridgehead atoms. The summed E-state index contributed by atoms with van der Waals surface area (Å²) >= 11 is 0. The Kier molecular flexibility index (Phi) is 1.66. The fraction of sp³-hybridized carbons (Fsp3) is 0.625. The molecule has 5 heteroatoms. The first-order valence-corrected chi connectivity index (χ1v) is 4.14. The van der Waals surface area contributed by atoms with Gasteiger partial charge in [0, 0.05) is 7.05 Å². The van der Waals surface area contributed by atoms with Gasteiger partial charge in [-0.3, -0.25) is 0 Å². The summed E-state index contributed by atoms with van der Waals surface area (Å²) in [4.78, 5) is 3.65. The normalized spacial score (nSPS) is 19.5. The Morgan fingerprint density at radius 2 is 2.23 bits per heavy atom. The van der Waals surface area contributed by atoms with Gasteiger partial charge >= 0.3 is 0 Å². The molecule has 2 N–H and O–H groups in total. The average Bonchev–Trinajstić information content (AvgIpc) is 2.63. The summed E-state index contributed by atoms with van der Waals surface area (Å²) in [5.74, 6) is -0.202. The van der Waals surface area contributed by atoms with Crippen molar-refractivity contribution in [2.45, 2.75) is 24.8 Å². The van der Waals surface area contributed by atoms with Crippen LogP contribution >= 0.6 is 0 Å². The van der Waals surface area contributed by atoms with E-state index in [4.69, 9.17) is 5.73 Å². The number of halogens is 2. The van der Waals surface area contributed by atoms with Crippen LogP contribution in [0, 0.1) is 0 Å². The van der Waals surface area contributed by atoms with Crippen LogP contribution in [0.2, 0.25) is 0 Å². The quantitative estimate of drug-likeness (QED) is 0.758. The summed E-state index contributed by atoms with van der Waals surface area (Å²) in [6, 6.07) is 0. The first kappa shape index (κ1) is 8.62. The van der Waals surface area contributed by atoms with Gasteiger partial charge in [-0.15, -0.1) is 0 Å². The van der Waals surface area contributed by atoms with Crippen LogP contribution in [0.15, 0.2) is 6.20 Å². The van der Waals surface area contributed by atoms with Gasteiger partial charge in [0.25, 0.3) is 6.43 Å². The van der Waals surface area contributed by atoms with Crippen molar-refractivity contribution in [3.05, 3.63) is 17.7 Å².